The van der Waals surface area contributed by atoms with Gasteiger partial charge in [-0.1, -0.05) is 18.2 Å². The van der Waals surface area contributed by atoms with Crippen LogP contribution < -0.4 is 5.73 Å². The van der Waals surface area contributed by atoms with Crippen LogP contribution in [-0.4, -0.2) is 0 Å². The number of hydrogen-bond acceptors (Lipinski definition) is 5. The highest BCUT2D eigenvalue weighted by Gasteiger charge is 2.14. The van der Waals surface area contributed by atoms with E-state index in [1.54, 1.807) is 11.3 Å². The molecule has 0 radical (unpaired) electrons. The Morgan fingerprint density at radius 1 is 0.594 bits per heavy atom. The first-order chi connectivity index (χ1) is 15.6. The van der Waals surface area contributed by atoms with E-state index in [0.29, 0.717) is 0 Å². The van der Waals surface area contributed by atoms with Gasteiger partial charge in [-0.3, -0.25) is 0 Å². The van der Waals surface area contributed by atoms with Crippen molar-refractivity contribution in [2.45, 2.75) is 6.92 Å². The summed E-state index contributed by atoms with van der Waals surface area (Å²) in [5.41, 5.74) is 10.3. The van der Waals surface area contributed by atoms with E-state index in [4.69, 9.17) is 10.2 Å². The molecule has 4 aromatic heterocycles. The number of hydrogen-bond donors (Lipinski definition) is 1. The number of fused-ring (bicyclic) bond motifs is 6. The predicted octanol–water partition coefficient (Wildman–Crippen LogP) is 9.30. The van der Waals surface area contributed by atoms with Crippen LogP contribution in [0.4, 0.5) is 5.00 Å². The normalized spacial score (nSPS) is 12.0. The lowest BCUT2D eigenvalue weighted by Crippen LogP contribution is -1.73. The van der Waals surface area contributed by atoms with Crippen molar-refractivity contribution in [2.75, 3.05) is 5.73 Å². The highest BCUT2D eigenvalue weighted by molar-refractivity contribution is 7.26. The summed E-state index contributed by atoms with van der Waals surface area (Å²) < 4.78 is 8.92. The van der Waals surface area contributed by atoms with Crippen molar-refractivity contribution in [2.24, 2.45) is 0 Å². The number of aryl methyl sites for hydroxylation is 1. The van der Waals surface area contributed by atoms with Crippen LogP contribution in [0.1, 0.15) is 4.88 Å². The fourth-order valence-corrected chi connectivity index (χ4v) is 7.25. The first kappa shape index (κ1) is 18.5. The van der Waals surface area contributed by atoms with Crippen molar-refractivity contribution in [3.05, 3.63) is 77.7 Å². The second kappa shape index (κ2) is 6.69. The van der Waals surface area contributed by atoms with Gasteiger partial charge in [-0.2, -0.15) is 0 Å². The Kier molecular flexibility index (Phi) is 3.86. The van der Waals surface area contributed by atoms with E-state index in [0.717, 1.165) is 16.2 Å². The van der Waals surface area contributed by atoms with Crippen LogP contribution in [0, 0.1) is 6.92 Å². The Labute approximate surface area is 196 Å². The highest BCUT2D eigenvalue weighted by atomic mass is 32.1. The van der Waals surface area contributed by atoms with Gasteiger partial charge in [-0.25, -0.2) is 0 Å². The van der Waals surface area contributed by atoms with E-state index < -0.39 is 0 Å². The largest absolute Gasteiger partial charge is 0.456 e. The zero-order valence-electron chi connectivity index (χ0n) is 17.1. The van der Waals surface area contributed by atoms with Crippen LogP contribution in [-0.2, 0) is 0 Å². The van der Waals surface area contributed by atoms with Crippen LogP contribution >= 0.6 is 34.0 Å². The van der Waals surface area contributed by atoms with Crippen molar-refractivity contribution >= 4 is 81.1 Å². The fourth-order valence-electron chi connectivity index (χ4n) is 4.45. The van der Waals surface area contributed by atoms with Crippen LogP contribution in [0.3, 0.4) is 0 Å². The number of furan rings is 1. The molecule has 0 spiro atoms. The summed E-state index contributed by atoms with van der Waals surface area (Å²) in [4.78, 5) is 3.81. The van der Waals surface area contributed by atoms with Gasteiger partial charge in [0, 0.05) is 45.6 Å². The zero-order chi connectivity index (χ0) is 21.4. The molecule has 0 amide bonds. The van der Waals surface area contributed by atoms with Gasteiger partial charge < -0.3 is 10.2 Å². The predicted molar refractivity (Wildman–Crippen MR) is 142 cm³/mol. The third-order valence-corrected chi connectivity index (χ3v) is 9.13. The number of anilines is 1. The number of nitrogens with two attached hydrogens (primary N) is 1. The summed E-state index contributed by atoms with van der Waals surface area (Å²) >= 11 is 5.29. The first-order valence-electron chi connectivity index (χ1n) is 10.4. The Hall–Kier alpha value is -3.12. The Morgan fingerprint density at radius 3 is 2.09 bits per heavy atom. The fraction of sp³-hybridized carbons (Fsp3) is 0.0370. The lowest BCUT2D eigenvalue weighted by molar-refractivity contribution is 0.669. The van der Waals surface area contributed by atoms with E-state index in [1.807, 2.05) is 28.7 Å². The van der Waals surface area contributed by atoms with Crippen molar-refractivity contribution in [3.63, 3.8) is 0 Å². The van der Waals surface area contributed by atoms with E-state index >= 15 is 0 Å². The van der Waals surface area contributed by atoms with E-state index in [2.05, 4.69) is 73.7 Å². The van der Waals surface area contributed by atoms with Gasteiger partial charge >= 0.3 is 0 Å². The highest BCUT2D eigenvalue weighted by Crippen LogP contribution is 2.42. The molecular weight excluding hydrogens is 451 g/mol. The molecule has 0 aliphatic carbocycles. The number of rotatable bonds is 2. The van der Waals surface area contributed by atoms with E-state index in [1.165, 1.54) is 56.7 Å². The summed E-state index contributed by atoms with van der Waals surface area (Å²) in [6.45, 7) is 2.14. The first-order valence-corrected chi connectivity index (χ1v) is 12.8. The molecule has 0 aliphatic heterocycles. The molecule has 0 bridgehead atoms. The van der Waals surface area contributed by atoms with Gasteiger partial charge in [0.15, 0.2) is 0 Å². The summed E-state index contributed by atoms with van der Waals surface area (Å²) in [7, 11) is 0. The second-order valence-electron chi connectivity index (χ2n) is 8.08. The number of benzene rings is 3. The third-order valence-electron chi connectivity index (χ3n) is 6.00. The SMILES string of the molecule is Cc1ccc(-c2ccc3c(c2)oc2cc4c(cc23)sc2cc(-c3ccc(N)s3)ccc24)s1. The average molecular weight is 468 g/mol. The van der Waals surface area contributed by atoms with Gasteiger partial charge in [-0.15, -0.1) is 34.0 Å². The van der Waals surface area contributed by atoms with Crippen LogP contribution in [0.25, 0.3) is 63.0 Å². The molecular formula is C27H17NOS3. The van der Waals surface area contributed by atoms with Crippen molar-refractivity contribution < 1.29 is 4.42 Å². The maximum absolute atomic E-state index is 6.34. The molecule has 0 aliphatic rings. The minimum atomic E-state index is 0.848. The van der Waals surface area contributed by atoms with Gasteiger partial charge in [-0.05, 0) is 72.6 Å². The molecule has 0 saturated heterocycles. The van der Waals surface area contributed by atoms with Crippen LogP contribution in [0.2, 0.25) is 0 Å². The maximum atomic E-state index is 6.34. The third kappa shape index (κ3) is 2.75. The number of thiophene rings is 3. The molecule has 0 unspecified atom stereocenters. The summed E-state index contributed by atoms with van der Waals surface area (Å²) in [6.07, 6.45) is 0. The minimum absolute atomic E-state index is 0.848. The molecule has 4 heterocycles. The zero-order valence-corrected chi connectivity index (χ0v) is 19.6. The molecule has 2 nitrogen and oxygen atoms in total. The summed E-state index contributed by atoms with van der Waals surface area (Å²) in [5, 5.41) is 5.73. The van der Waals surface area contributed by atoms with Gasteiger partial charge in [0.25, 0.3) is 0 Å². The molecule has 0 fully saturated rings. The van der Waals surface area contributed by atoms with Gasteiger partial charge in [0.2, 0.25) is 0 Å². The Bertz CT molecular complexity index is 1680. The topological polar surface area (TPSA) is 39.2 Å². The molecule has 3 aromatic carbocycles. The minimum Gasteiger partial charge on any atom is -0.456 e. The van der Waals surface area contributed by atoms with Crippen LogP contribution in [0.15, 0.2) is 77.2 Å². The molecule has 2 N–H and O–H groups in total. The van der Waals surface area contributed by atoms with Crippen molar-refractivity contribution in [3.8, 4) is 20.9 Å². The lowest BCUT2D eigenvalue weighted by Gasteiger charge is -1.98. The number of nitrogen functional groups attached to an aromatic ring is 1. The monoisotopic (exact) mass is 467 g/mol. The Morgan fingerprint density at radius 2 is 1.31 bits per heavy atom. The molecule has 32 heavy (non-hydrogen) atoms. The molecule has 154 valence electrons. The molecule has 0 saturated carbocycles. The second-order valence-corrected chi connectivity index (χ2v) is 11.6. The molecule has 7 rings (SSSR count). The van der Waals surface area contributed by atoms with E-state index in [-0.39, 0.29) is 0 Å². The quantitative estimate of drug-likeness (QED) is 0.275. The molecule has 0 atom stereocenters. The average Bonchev–Trinajstić information content (AvgIpc) is 3.56. The molecule has 7 aromatic rings. The smallest absolute Gasteiger partial charge is 0.136 e. The van der Waals surface area contributed by atoms with Gasteiger partial charge in [0.05, 0.1) is 5.00 Å². The Balaban J connectivity index is 1.41. The van der Waals surface area contributed by atoms with Crippen molar-refractivity contribution in [1.82, 2.24) is 0 Å². The summed E-state index contributed by atoms with van der Waals surface area (Å²) in [5.74, 6) is 0. The maximum Gasteiger partial charge on any atom is 0.136 e. The van der Waals surface area contributed by atoms with Crippen molar-refractivity contribution in [1.29, 1.82) is 0 Å². The summed E-state index contributed by atoms with van der Waals surface area (Å²) in [6, 6.07) is 26.2. The standard InChI is InChI=1S/C27H17NOS3/c1-14-2-7-23(30-14)15-3-5-17-19-13-26-20(12-22(19)29-21(17)10-15)18-6-4-16(11-25(18)31-26)24-8-9-27(28)32-24/h2-13H,28H2,1H3. The molecule has 5 heteroatoms. The van der Waals surface area contributed by atoms with Crippen LogP contribution in [0.5, 0.6) is 0 Å². The van der Waals surface area contributed by atoms with Gasteiger partial charge in [0.1, 0.15) is 11.2 Å². The lowest BCUT2D eigenvalue weighted by atomic mass is 10.1. The van der Waals surface area contributed by atoms with E-state index in [9.17, 15) is 0 Å².